The van der Waals surface area contributed by atoms with Gasteiger partial charge in [0.05, 0.1) is 0 Å². The average molecular weight is 327 g/mol. The fourth-order valence-corrected chi connectivity index (χ4v) is 6.61. The van der Waals surface area contributed by atoms with Crippen molar-refractivity contribution in [3.05, 3.63) is 35.4 Å². The van der Waals surface area contributed by atoms with E-state index >= 15 is 0 Å². The van der Waals surface area contributed by atoms with Crippen LogP contribution in [0.1, 0.15) is 49.7 Å². The first-order valence-electron chi connectivity index (χ1n) is 9.33. The van der Waals surface area contributed by atoms with E-state index in [4.69, 9.17) is 12.2 Å². The van der Waals surface area contributed by atoms with Crippen LogP contribution >= 0.6 is 12.2 Å². The van der Waals surface area contributed by atoms with Crippen LogP contribution < -0.4 is 5.32 Å². The Labute approximate surface area is 144 Å². The summed E-state index contributed by atoms with van der Waals surface area (Å²) in [5, 5.41) is 4.90. The lowest BCUT2D eigenvalue weighted by molar-refractivity contribution is -0.0113. The molecule has 0 aromatic heterocycles. The smallest absolute Gasteiger partial charge is 0.169 e. The summed E-state index contributed by atoms with van der Waals surface area (Å²) >= 11 is 5.85. The average Bonchev–Trinajstić information content (AvgIpc) is 2.52. The molecule has 1 aromatic carbocycles. The Kier molecular flexibility index (Phi) is 3.23. The Morgan fingerprint density at radius 1 is 1.00 bits per heavy atom. The zero-order chi connectivity index (χ0) is 15.4. The number of rotatable bonds is 1. The van der Waals surface area contributed by atoms with Crippen LogP contribution in [0.4, 0.5) is 0 Å². The quantitative estimate of drug-likeness (QED) is 0.788. The summed E-state index contributed by atoms with van der Waals surface area (Å²) in [4.78, 5) is 2.40. The summed E-state index contributed by atoms with van der Waals surface area (Å²) in [6, 6.07) is 8.83. The van der Waals surface area contributed by atoms with Crippen molar-refractivity contribution in [2.45, 2.75) is 57.0 Å². The van der Waals surface area contributed by atoms with E-state index in [2.05, 4.69) is 34.5 Å². The molecule has 0 spiro atoms. The number of fused-ring (bicyclic) bond motifs is 1. The van der Waals surface area contributed by atoms with Crippen LogP contribution in [0.3, 0.4) is 0 Å². The van der Waals surface area contributed by atoms with Gasteiger partial charge in [0.25, 0.3) is 0 Å². The van der Waals surface area contributed by atoms with Gasteiger partial charge in [0.2, 0.25) is 0 Å². The van der Waals surface area contributed by atoms with Crippen LogP contribution in [0.15, 0.2) is 24.3 Å². The molecule has 1 heterocycles. The first-order valence-corrected chi connectivity index (χ1v) is 9.74. The van der Waals surface area contributed by atoms with Gasteiger partial charge in [-0.25, -0.2) is 0 Å². The van der Waals surface area contributed by atoms with E-state index in [1.54, 1.807) is 0 Å². The second kappa shape index (κ2) is 5.20. The van der Waals surface area contributed by atoms with Gasteiger partial charge in [0.1, 0.15) is 0 Å². The fourth-order valence-electron chi connectivity index (χ4n) is 6.24. The van der Waals surface area contributed by atoms with E-state index in [-0.39, 0.29) is 0 Å². The monoisotopic (exact) mass is 326 g/mol. The SMILES string of the molecule is S=C(NC12CC3CC(CC(C3)C1)C2)N1CCc2ccccc2C1. The number of benzene rings is 1. The lowest BCUT2D eigenvalue weighted by Gasteiger charge is -2.57. The highest BCUT2D eigenvalue weighted by molar-refractivity contribution is 7.80. The van der Waals surface area contributed by atoms with E-state index in [0.29, 0.717) is 5.54 Å². The van der Waals surface area contributed by atoms with Crippen molar-refractivity contribution in [2.24, 2.45) is 17.8 Å². The maximum absolute atomic E-state index is 5.85. The maximum Gasteiger partial charge on any atom is 0.169 e. The summed E-state index contributed by atoms with van der Waals surface area (Å²) < 4.78 is 0. The minimum Gasteiger partial charge on any atom is -0.357 e. The van der Waals surface area contributed by atoms with E-state index in [0.717, 1.165) is 42.4 Å². The number of nitrogens with one attached hydrogen (secondary N) is 1. The van der Waals surface area contributed by atoms with Gasteiger partial charge in [-0.2, -0.15) is 0 Å². The summed E-state index contributed by atoms with van der Waals surface area (Å²) in [6.07, 6.45) is 9.69. The van der Waals surface area contributed by atoms with E-state index < -0.39 is 0 Å². The van der Waals surface area contributed by atoms with Gasteiger partial charge in [-0.15, -0.1) is 0 Å². The second-order valence-electron chi connectivity index (χ2n) is 8.57. The highest BCUT2D eigenvalue weighted by Crippen LogP contribution is 2.55. The molecular weight excluding hydrogens is 300 g/mol. The lowest BCUT2D eigenvalue weighted by atomic mass is 9.53. The van der Waals surface area contributed by atoms with Gasteiger partial charge < -0.3 is 10.2 Å². The number of nitrogens with zero attached hydrogens (tertiary/aromatic N) is 1. The summed E-state index contributed by atoms with van der Waals surface area (Å²) in [5.41, 5.74) is 3.29. The molecule has 4 bridgehead atoms. The number of hydrogen-bond donors (Lipinski definition) is 1. The molecule has 1 aliphatic heterocycles. The molecule has 0 radical (unpaired) electrons. The highest BCUT2D eigenvalue weighted by atomic mass is 32.1. The van der Waals surface area contributed by atoms with Gasteiger partial charge in [0.15, 0.2) is 5.11 Å². The van der Waals surface area contributed by atoms with Gasteiger partial charge >= 0.3 is 0 Å². The molecule has 0 saturated heterocycles. The van der Waals surface area contributed by atoms with Crippen LogP contribution in [0.25, 0.3) is 0 Å². The standard InChI is InChI=1S/C20H26N2S/c23-19(22-6-5-17-3-1-2-4-18(17)13-22)21-20-10-14-7-15(11-20)9-16(8-14)12-20/h1-4,14-16H,5-13H2,(H,21,23). The van der Waals surface area contributed by atoms with Crippen LogP contribution in [-0.4, -0.2) is 22.1 Å². The molecule has 4 fully saturated rings. The minimum atomic E-state index is 0.336. The zero-order valence-electron chi connectivity index (χ0n) is 13.8. The molecule has 2 nitrogen and oxygen atoms in total. The van der Waals surface area contributed by atoms with Crippen LogP contribution in [0.2, 0.25) is 0 Å². The summed E-state index contributed by atoms with van der Waals surface area (Å²) in [5.74, 6) is 2.91. The van der Waals surface area contributed by atoms with Crippen molar-refractivity contribution in [3.63, 3.8) is 0 Å². The Balaban J connectivity index is 1.31. The molecule has 3 heteroatoms. The molecule has 5 aliphatic rings. The zero-order valence-corrected chi connectivity index (χ0v) is 14.6. The maximum atomic E-state index is 5.85. The van der Waals surface area contributed by atoms with Crippen molar-refractivity contribution < 1.29 is 0 Å². The van der Waals surface area contributed by atoms with Gasteiger partial charge in [-0.05, 0) is 86.0 Å². The Hall–Kier alpha value is -1.09. The lowest BCUT2D eigenvalue weighted by Crippen LogP contribution is -2.62. The summed E-state index contributed by atoms with van der Waals surface area (Å²) in [7, 11) is 0. The van der Waals surface area contributed by atoms with E-state index in [1.807, 2.05) is 0 Å². The van der Waals surface area contributed by atoms with Crippen molar-refractivity contribution in [1.29, 1.82) is 0 Å². The van der Waals surface area contributed by atoms with Crippen molar-refractivity contribution in [3.8, 4) is 0 Å². The Morgan fingerprint density at radius 3 is 2.26 bits per heavy atom. The number of hydrogen-bond acceptors (Lipinski definition) is 1. The van der Waals surface area contributed by atoms with Crippen LogP contribution in [0.5, 0.6) is 0 Å². The fraction of sp³-hybridized carbons (Fsp3) is 0.650. The molecule has 6 rings (SSSR count). The van der Waals surface area contributed by atoms with Crippen LogP contribution in [0, 0.1) is 17.8 Å². The third kappa shape index (κ3) is 2.48. The third-order valence-corrected chi connectivity index (χ3v) is 7.19. The van der Waals surface area contributed by atoms with Gasteiger partial charge in [0, 0.05) is 18.6 Å². The van der Waals surface area contributed by atoms with Crippen LogP contribution in [-0.2, 0) is 13.0 Å². The van der Waals surface area contributed by atoms with Crippen molar-refractivity contribution >= 4 is 17.3 Å². The molecular formula is C20H26N2S. The normalized spacial score (nSPS) is 37.6. The Bertz CT molecular complexity index is 603. The molecule has 1 aromatic rings. The second-order valence-corrected chi connectivity index (χ2v) is 8.96. The predicted molar refractivity (Wildman–Crippen MR) is 97.2 cm³/mol. The number of thiocarbonyl (C=S) groups is 1. The first-order chi connectivity index (χ1) is 11.2. The van der Waals surface area contributed by atoms with Crippen molar-refractivity contribution in [1.82, 2.24) is 10.2 Å². The topological polar surface area (TPSA) is 15.3 Å². The first kappa shape index (κ1) is 14.3. The third-order valence-electron chi connectivity index (χ3n) is 6.83. The molecule has 0 atom stereocenters. The molecule has 1 N–H and O–H groups in total. The Morgan fingerprint density at radius 2 is 1.61 bits per heavy atom. The van der Waals surface area contributed by atoms with Gasteiger partial charge in [-0.3, -0.25) is 0 Å². The molecule has 0 unspecified atom stereocenters. The molecule has 4 aliphatic carbocycles. The summed E-state index contributed by atoms with van der Waals surface area (Å²) in [6.45, 7) is 2.05. The highest BCUT2D eigenvalue weighted by Gasteiger charge is 2.51. The molecule has 122 valence electrons. The molecule has 4 saturated carbocycles. The minimum absolute atomic E-state index is 0.336. The van der Waals surface area contributed by atoms with E-state index in [9.17, 15) is 0 Å². The van der Waals surface area contributed by atoms with Crippen molar-refractivity contribution in [2.75, 3.05) is 6.54 Å². The molecule has 23 heavy (non-hydrogen) atoms. The predicted octanol–water partition coefficient (Wildman–Crippen LogP) is 3.89. The van der Waals surface area contributed by atoms with Gasteiger partial charge in [-0.1, -0.05) is 24.3 Å². The largest absolute Gasteiger partial charge is 0.357 e. The molecule has 0 amide bonds. The van der Waals surface area contributed by atoms with E-state index in [1.165, 1.54) is 49.7 Å².